The van der Waals surface area contributed by atoms with Gasteiger partial charge in [0.1, 0.15) is 5.65 Å². The van der Waals surface area contributed by atoms with Crippen LogP contribution in [-0.4, -0.2) is 9.97 Å². The van der Waals surface area contributed by atoms with Gasteiger partial charge in [0.25, 0.3) is 0 Å². The van der Waals surface area contributed by atoms with Gasteiger partial charge < -0.3 is 4.98 Å². The van der Waals surface area contributed by atoms with Gasteiger partial charge in [0, 0.05) is 28.9 Å². The van der Waals surface area contributed by atoms with Crippen LogP contribution in [0.1, 0.15) is 5.56 Å². The molecule has 0 aliphatic carbocycles. The van der Waals surface area contributed by atoms with Crippen molar-refractivity contribution in [1.82, 2.24) is 9.97 Å². The molecule has 0 fully saturated rings. The van der Waals surface area contributed by atoms with Gasteiger partial charge in [-0.05, 0) is 29.7 Å². The molecule has 0 amide bonds. The fourth-order valence-corrected chi connectivity index (χ4v) is 2.77. The second-order valence-corrected chi connectivity index (χ2v) is 5.39. The average molecular weight is 283 g/mol. The number of aromatic nitrogens is 2. The molecular weight excluding hydrogens is 268 g/mol. The van der Waals surface area contributed by atoms with E-state index < -0.39 is 0 Å². The Balaban J connectivity index is 1.91. The maximum absolute atomic E-state index is 4.55. The van der Waals surface area contributed by atoms with Gasteiger partial charge in [-0.2, -0.15) is 0 Å². The number of rotatable bonds is 2. The van der Waals surface area contributed by atoms with E-state index in [0.29, 0.717) is 0 Å². The normalized spacial score (nSPS) is 11.0. The molecule has 1 radical (unpaired) electrons. The summed E-state index contributed by atoms with van der Waals surface area (Å²) in [5.74, 6) is 0. The van der Waals surface area contributed by atoms with E-state index in [0.717, 1.165) is 33.3 Å². The van der Waals surface area contributed by atoms with Crippen LogP contribution in [0, 0.1) is 6.92 Å². The van der Waals surface area contributed by atoms with E-state index in [1.807, 2.05) is 42.7 Å². The number of aromatic amines is 1. The Morgan fingerprint density at radius 3 is 2.45 bits per heavy atom. The standard InChI is InChI=1S/C20H15N2/c1-14-6-5-9-16(10-14)19-13-22-20-18(19)11-17(12-21-20)15-7-3-2-4-8-15/h2-13H,1H2,(H,21,22). The first kappa shape index (κ1) is 12.8. The van der Waals surface area contributed by atoms with E-state index in [1.165, 1.54) is 5.56 Å². The monoisotopic (exact) mass is 283 g/mol. The number of fused-ring (bicyclic) bond motifs is 1. The summed E-state index contributed by atoms with van der Waals surface area (Å²) in [6, 6.07) is 20.8. The first-order valence-electron chi connectivity index (χ1n) is 7.26. The molecule has 0 aliphatic heterocycles. The van der Waals surface area contributed by atoms with Gasteiger partial charge in [-0.3, -0.25) is 0 Å². The second kappa shape index (κ2) is 5.15. The van der Waals surface area contributed by atoms with E-state index >= 15 is 0 Å². The van der Waals surface area contributed by atoms with Gasteiger partial charge in [0.2, 0.25) is 0 Å². The maximum Gasteiger partial charge on any atom is 0.137 e. The van der Waals surface area contributed by atoms with Crippen LogP contribution in [0.3, 0.4) is 0 Å². The summed E-state index contributed by atoms with van der Waals surface area (Å²) in [5.41, 5.74) is 6.54. The lowest BCUT2D eigenvalue weighted by Gasteiger charge is -2.04. The van der Waals surface area contributed by atoms with Crippen LogP contribution >= 0.6 is 0 Å². The van der Waals surface area contributed by atoms with Crippen LogP contribution in [0.5, 0.6) is 0 Å². The minimum Gasteiger partial charge on any atom is -0.346 e. The van der Waals surface area contributed by atoms with Crippen LogP contribution in [-0.2, 0) is 0 Å². The Kier molecular flexibility index (Phi) is 3.01. The Hall–Kier alpha value is -2.87. The topological polar surface area (TPSA) is 28.7 Å². The van der Waals surface area contributed by atoms with Gasteiger partial charge in [-0.1, -0.05) is 54.6 Å². The zero-order valence-corrected chi connectivity index (χ0v) is 12.1. The minimum absolute atomic E-state index is 0.907. The minimum atomic E-state index is 0.907. The fourth-order valence-electron chi connectivity index (χ4n) is 2.77. The molecular formula is C20H15N2. The summed E-state index contributed by atoms with van der Waals surface area (Å²) in [6.07, 6.45) is 3.93. The zero-order valence-electron chi connectivity index (χ0n) is 12.1. The first-order valence-corrected chi connectivity index (χ1v) is 7.26. The van der Waals surface area contributed by atoms with Crippen LogP contribution in [0.4, 0.5) is 0 Å². The average Bonchev–Trinajstić information content (AvgIpc) is 2.99. The zero-order chi connectivity index (χ0) is 14.9. The number of nitrogens with zero attached hydrogens (tertiary/aromatic N) is 1. The van der Waals surface area contributed by atoms with Crippen molar-refractivity contribution in [3.63, 3.8) is 0 Å². The van der Waals surface area contributed by atoms with E-state index in [9.17, 15) is 0 Å². The Bertz CT molecular complexity index is 936. The largest absolute Gasteiger partial charge is 0.346 e. The Labute approximate surface area is 129 Å². The molecule has 1 N–H and O–H groups in total. The van der Waals surface area contributed by atoms with Gasteiger partial charge >= 0.3 is 0 Å². The smallest absolute Gasteiger partial charge is 0.137 e. The molecule has 2 heteroatoms. The molecule has 0 atom stereocenters. The van der Waals surface area contributed by atoms with E-state index in [4.69, 9.17) is 0 Å². The molecule has 22 heavy (non-hydrogen) atoms. The first-order chi connectivity index (χ1) is 10.8. The molecule has 0 saturated heterocycles. The number of H-pyrrole nitrogens is 1. The number of pyridine rings is 1. The molecule has 2 aromatic heterocycles. The van der Waals surface area contributed by atoms with E-state index in [-0.39, 0.29) is 0 Å². The Morgan fingerprint density at radius 1 is 0.818 bits per heavy atom. The molecule has 2 aromatic carbocycles. The highest BCUT2D eigenvalue weighted by Crippen LogP contribution is 2.31. The summed E-state index contributed by atoms with van der Waals surface area (Å²) in [7, 11) is 0. The lowest BCUT2D eigenvalue weighted by atomic mass is 10.0. The van der Waals surface area contributed by atoms with Crippen LogP contribution < -0.4 is 0 Å². The summed E-state index contributed by atoms with van der Waals surface area (Å²) < 4.78 is 0. The fraction of sp³-hybridized carbons (Fsp3) is 0. The molecule has 0 bridgehead atoms. The summed E-state index contributed by atoms with van der Waals surface area (Å²) >= 11 is 0. The highest BCUT2D eigenvalue weighted by Gasteiger charge is 2.09. The quantitative estimate of drug-likeness (QED) is 0.546. The van der Waals surface area contributed by atoms with Crippen molar-refractivity contribution in [2.75, 3.05) is 0 Å². The van der Waals surface area contributed by atoms with Gasteiger partial charge in [0.15, 0.2) is 0 Å². The third-order valence-corrected chi connectivity index (χ3v) is 3.88. The highest BCUT2D eigenvalue weighted by atomic mass is 14.8. The van der Waals surface area contributed by atoms with Gasteiger partial charge in [-0.25, -0.2) is 4.98 Å². The highest BCUT2D eigenvalue weighted by molar-refractivity contribution is 5.95. The number of benzene rings is 2. The second-order valence-electron chi connectivity index (χ2n) is 5.39. The summed E-state index contributed by atoms with van der Waals surface area (Å²) in [5, 5.41) is 1.13. The number of hydrogen-bond donors (Lipinski definition) is 1. The van der Waals surface area contributed by atoms with Crippen LogP contribution in [0.25, 0.3) is 33.3 Å². The third-order valence-electron chi connectivity index (χ3n) is 3.88. The molecule has 4 rings (SSSR count). The molecule has 0 aliphatic rings. The van der Waals surface area contributed by atoms with Crippen molar-refractivity contribution < 1.29 is 0 Å². The lowest BCUT2D eigenvalue weighted by molar-refractivity contribution is 1.32. The van der Waals surface area contributed by atoms with Gasteiger partial charge in [-0.15, -0.1) is 0 Å². The molecule has 0 saturated carbocycles. The Morgan fingerprint density at radius 2 is 1.64 bits per heavy atom. The van der Waals surface area contributed by atoms with Crippen molar-refractivity contribution in [3.8, 4) is 22.3 Å². The lowest BCUT2D eigenvalue weighted by Crippen LogP contribution is -1.82. The number of nitrogens with one attached hydrogen (secondary N) is 1. The third kappa shape index (κ3) is 2.19. The SMILES string of the molecule is [CH2]c1cccc(-c2c[nH]c3ncc(-c4ccccc4)cc23)c1. The summed E-state index contributed by atoms with van der Waals surface area (Å²) in [4.78, 5) is 7.81. The van der Waals surface area contributed by atoms with Crippen molar-refractivity contribution in [2.24, 2.45) is 0 Å². The molecule has 105 valence electrons. The maximum atomic E-state index is 4.55. The van der Waals surface area contributed by atoms with Crippen LogP contribution in [0.2, 0.25) is 0 Å². The summed E-state index contributed by atoms with van der Waals surface area (Å²) in [6.45, 7) is 4.01. The predicted octanol–water partition coefficient (Wildman–Crippen LogP) is 5.08. The molecule has 4 aromatic rings. The molecule has 0 spiro atoms. The van der Waals surface area contributed by atoms with E-state index in [2.05, 4.69) is 47.2 Å². The van der Waals surface area contributed by atoms with Crippen molar-refractivity contribution in [3.05, 3.63) is 85.5 Å². The van der Waals surface area contributed by atoms with Gasteiger partial charge in [0.05, 0.1) is 0 Å². The molecule has 0 unspecified atom stereocenters. The van der Waals surface area contributed by atoms with Crippen LogP contribution in [0.15, 0.2) is 73.1 Å². The van der Waals surface area contributed by atoms with E-state index in [1.54, 1.807) is 0 Å². The molecule has 2 heterocycles. The predicted molar refractivity (Wildman–Crippen MR) is 91.4 cm³/mol. The van der Waals surface area contributed by atoms with Crippen molar-refractivity contribution in [2.45, 2.75) is 0 Å². The molecule has 2 nitrogen and oxygen atoms in total. The van der Waals surface area contributed by atoms with Crippen molar-refractivity contribution in [1.29, 1.82) is 0 Å². The van der Waals surface area contributed by atoms with Crippen molar-refractivity contribution >= 4 is 11.0 Å². The number of hydrogen-bond acceptors (Lipinski definition) is 1.